The summed E-state index contributed by atoms with van der Waals surface area (Å²) in [5, 5.41) is 0. The molecule has 0 aliphatic carbocycles. The fourth-order valence-electron chi connectivity index (χ4n) is 1.54. The van der Waals surface area contributed by atoms with Crippen molar-refractivity contribution in [3.8, 4) is 0 Å². The fraction of sp³-hybridized carbons (Fsp3) is 0.455. The summed E-state index contributed by atoms with van der Waals surface area (Å²) >= 11 is 5.76. The van der Waals surface area contributed by atoms with Gasteiger partial charge in [-0.1, -0.05) is 30.3 Å². The van der Waals surface area contributed by atoms with Crippen LogP contribution in [0.4, 0.5) is 0 Å². The molecule has 0 atom stereocenters. The van der Waals surface area contributed by atoms with Crippen LogP contribution in [0.5, 0.6) is 0 Å². The van der Waals surface area contributed by atoms with E-state index in [4.69, 9.17) is 11.6 Å². The molecule has 0 amide bonds. The second-order valence-electron chi connectivity index (χ2n) is 4.14. The molecule has 0 unspecified atom stereocenters. The molecule has 3 heteroatoms. The van der Waals surface area contributed by atoms with E-state index < -0.39 is 0 Å². The van der Waals surface area contributed by atoms with Gasteiger partial charge >= 0.3 is 0 Å². The summed E-state index contributed by atoms with van der Waals surface area (Å²) in [5.74, 6) is 2.15. The first-order valence-electron chi connectivity index (χ1n) is 4.93. The highest BCUT2D eigenvalue weighted by atomic mass is 35.5. The topological polar surface area (TPSA) is 0 Å². The number of alkyl halides is 1. The van der Waals surface area contributed by atoms with E-state index in [1.807, 2.05) is 0 Å². The van der Waals surface area contributed by atoms with Crippen LogP contribution in [-0.2, 0) is 5.75 Å². The summed E-state index contributed by atoms with van der Waals surface area (Å²) < 4.78 is 0. The third-order valence-corrected chi connectivity index (χ3v) is 10.6. The molecular weight excluding hydrogens is 228 g/mol. The number of halogens is 1. The highest BCUT2D eigenvalue weighted by Crippen LogP contribution is 2.42. The first kappa shape index (κ1) is 12.1. The second-order valence-corrected chi connectivity index (χ2v) is 15.4. The van der Waals surface area contributed by atoms with Gasteiger partial charge in [-0.3, -0.25) is 9.48 Å². The number of rotatable bonds is 5. The average Bonchev–Trinajstić information content (AvgIpc) is 2.16. The summed E-state index contributed by atoms with van der Waals surface area (Å²) in [6.45, 7) is 0. The van der Waals surface area contributed by atoms with E-state index in [9.17, 15) is 0 Å². The van der Waals surface area contributed by atoms with Crippen LogP contribution < -0.4 is 0 Å². The first-order chi connectivity index (χ1) is 6.64. The second kappa shape index (κ2) is 5.84. The van der Waals surface area contributed by atoms with Gasteiger partial charge in [0.05, 0.1) is 8.67 Å². The van der Waals surface area contributed by atoms with Crippen LogP contribution in [0, 0.1) is 0 Å². The Hall–Kier alpha value is 0.0769. The van der Waals surface area contributed by atoms with Gasteiger partial charge in [-0.05, 0) is 29.9 Å². The van der Waals surface area contributed by atoms with Gasteiger partial charge in [0, 0.05) is 5.88 Å². The SMILES string of the molecule is CS(C)(Cc1ccccc1)[SiH2]CCCl. The maximum atomic E-state index is 5.76. The molecule has 1 rings (SSSR count). The molecule has 0 N–H and O–H groups in total. The maximum Gasteiger partial charge on any atom is 0.0665 e. The molecule has 14 heavy (non-hydrogen) atoms. The highest BCUT2D eigenvalue weighted by Gasteiger charge is 2.12. The zero-order valence-electron chi connectivity index (χ0n) is 9.00. The van der Waals surface area contributed by atoms with Gasteiger partial charge in [0.15, 0.2) is 0 Å². The molecule has 80 valence electrons. The van der Waals surface area contributed by atoms with Crippen LogP contribution >= 0.6 is 21.1 Å². The summed E-state index contributed by atoms with van der Waals surface area (Å²) in [5.41, 5.74) is 1.49. The summed E-state index contributed by atoms with van der Waals surface area (Å²) in [4.78, 5) is 0. The van der Waals surface area contributed by atoms with Crippen LogP contribution in [-0.4, -0.2) is 27.1 Å². The smallest absolute Gasteiger partial charge is 0.0665 e. The predicted octanol–water partition coefficient (Wildman–Crippen LogP) is 2.99. The maximum absolute atomic E-state index is 5.76. The van der Waals surface area contributed by atoms with Gasteiger partial charge < -0.3 is 0 Å². The Bertz CT molecular complexity index is 261. The molecule has 0 aromatic heterocycles. The van der Waals surface area contributed by atoms with E-state index >= 15 is 0 Å². The molecule has 1 aromatic rings. The fourth-order valence-corrected chi connectivity index (χ4v) is 8.47. The van der Waals surface area contributed by atoms with Crippen molar-refractivity contribution in [1.29, 1.82) is 0 Å². The van der Waals surface area contributed by atoms with E-state index in [-0.39, 0.29) is 18.1 Å². The van der Waals surface area contributed by atoms with Gasteiger partial charge in [-0.15, -0.1) is 11.6 Å². The minimum Gasteiger partial charge on any atom is -0.260 e. The van der Waals surface area contributed by atoms with Crippen LogP contribution in [0.1, 0.15) is 5.56 Å². The lowest BCUT2D eigenvalue weighted by molar-refractivity contribution is 1.40. The van der Waals surface area contributed by atoms with Crippen molar-refractivity contribution in [1.82, 2.24) is 0 Å². The van der Waals surface area contributed by atoms with Crippen molar-refractivity contribution in [3.63, 3.8) is 0 Å². The summed E-state index contributed by atoms with van der Waals surface area (Å²) in [7, 11) is -0.296. The molecule has 0 nitrogen and oxygen atoms in total. The van der Waals surface area contributed by atoms with Crippen LogP contribution in [0.3, 0.4) is 0 Å². The molecular formula is C11H19ClSSi. The highest BCUT2D eigenvalue weighted by molar-refractivity contribution is 8.50. The molecule has 0 bridgehead atoms. The van der Waals surface area contributed by atoms with E-state index in [0.29, 0.717) is 0 Å². The molecule has 0 radical (unpaired) electrons. The molecule has 0 fully saturated rings. The zero-order valence-corrected chi connectivity index (χ0v) is 12.0. The molecule has 0 spiro atoms. The van der Waals surface area contributed by atoms with Crippen molar-refractivity contribution in [2.75, 3.05) is 18.4 Å². The third-order valence-electron chi connectivity index (χ3n) is 2.23. The predicted molar refractivity (Wildman–Crippen MR) is 73.7 cm³/mol. The van der Waals surface area contributed by atoms with Crippen molar-refractivity contribution in [2.45, 2.75) is 11.8 Å². The third kappa shape index (κ3) is 4.53. The molecule has 0 heterocycles. The lowest BCUT2D eigenvalue weighted by atomic mass is 10.2. The van der Waals surface area contributed by atoms with Crippen molar-refractivity contribution in [3.05, 3.63) is 35.9 Å². The molecule has 0 saturated heterocycles. The monoisotopic (exact) mass is 246 g/mol. The van der Waals surface area contributed by atoms with Crippen LogP contribution in [0.15, 0.2) is 30.3 Å². The van der Waals surface area contributed by atoms with Crippen LogP contribution in [0.25, 0.3) is 0 Å². The average molecular weight is 247 g/mol. The minimum absolute atomic E-state index is 0.0468. The Morgan fingerprint density at radius 2 is 1.86 bits per heavy atom. The molecule has 0 aliphatic heterocycles. The first-order valence-corrected chi connectivity index (χ1v) is 11.0. The van der Waals surface area contributed by atoms with Gasteiger partial charge in [-0.2, -0.15) is 0 Å². The Kier molecular flexibility index (Phi) is 5.06. The van der Waals surface area contributed by atoms with Crippen molar-refractivity contribution in [2.24, 2.45) is 0 Å². The Balaban J connectivity index is 2.50. The molecule has 1 aromatic carbocycles. The van der Waals surface area contributed by atoms with E-state index in [0.717, 1.165) is 5.88 Å². The lowest BCUT2D eigenvalue weighted by Gasteiger charge is -2.30. The van der Waals surface area contributed by atoms with Gasteiger partial charge in [-0.25, -0.2) is 0 Å². The van der Waals surface area contributed by atoms with Crippen molar-refractivity contribution < 1.29 is 0 Å². The van der Waals surface area contributed by atoms with E-state index in [1.54, 1.807) is 0 Å². The van der Waals surface area contributed by atoms with Gasteiger partial charge in [0.1, 0.15) is 0 Å². The lowest BCUT2D eigenvalue weighted by Crippen LogP contribution is -2.08. The van der Waals surface area contributed by atoms with E-state index in [2.05, 4.69) is 42.8 Å². The van der Waals surface area contributed by atoms with Gasteiger partial charge in [0.25, 0.3) is 0 Å². The van der Waals surface area contributed by atoms with Crippen LogP contribution in [0.2, 0.25) is 6.04 Å². The largest absolute Gasteiger partial charge is 0.260 e. The van der Waals surface area contributed by atoms with E-state index in [1.165, 1.54) is 17.4 Å². The quantitative estimate of drug-likeness (QED) is 0.554. The molecule has 0 aliphatic rings. The summed E-state index contributed by atoms with van der Waals surface area (Å²) in [6, 6.07) is 12.1. The van der Waals surface area contributed by atoms with Crippen molar-refractivity contribution >= 4 is 29.7 Å². The standard InChI is InChI=1S/C11H19ClSSi/c1-13(2,14-9-8-12)10-11-6-4-3-5-7-11/h3-7H,8-10,14H2,1-2H3. The molecule has 0 saturated carbocycles. The normalized spacial score (nSPS) is 13.6. The Morgan fingerprint density at radius 3 is 2.43 bits per heavy atom. The van der Waals surface area contributed by atoms with Gasteiger partial charge in [0.2, 0.25) is 0 Å². The zero-order chi connectivity index (χ0) is 10.4. The number of hydrogen-bond acceptors (Lipinski definition) is 0. The number of benzene rings is 1. The Morgan fingerprint density at radius 1 is 1.21 bits per heavy atom. The minimum atomic E-state index is -0.342. The Labute approximate surface area is 95.8 Å². The number of hydrogen-bond donors (Lipinski definition) is 0. The summed E-state index contributed by atoms with van der Waals surface area (Å²) in [6.07, 6.45) is 4.91.